The average Bonchev–Trinajstić information content (AvgIpc) is 3.01. The molecule has 0 heterocycles. The number of carbonyl (C=O) groups is 3. The van der Waals surface area contributed by atoms with E-state index in [4.69, 9.17) is 23.7 Å². The van der Waals surface area contributed by atoms with Crippen molar-refractivity contribution in [1.82, 2.24) is 5.32 Å². The molecule has 0 radical (unpaired) electrons. The van der Waals surface area contributed by atoms with Crippen LogP contribution in [0.5, 0.6) is 17.2 Å². The average molecular weight is 469 g/mol. The van der Waals surface area contributed by atoms with Gasteiger partial charge in [-0.2, -0.15) is 0 Å². The predicted molar refractivity (Wildman–Crippen MR) is 123 cm³/mol. The lowest BCUT2D eigenvalue weighted by atomic mass is 9.92. The number of hydrogen-bond acceptors (Lipinski definition) is 8. The standard InChI is InChI=1S/C25H27NO8/c1-6-21(28)34-13-20(27)26-18-10-8-14-12-19(30-2)23(31-3)24(32-4)22(14)16-9-7-15(11-17(16)18)25(29)33-5/h6-7,9,11-12,18H,1,8,10,13H2,2-5H3,(H,26,27)/t18-/m0/s1. The first-order valence-corrected chi connectivity index (χ1v) is 10.5. The Morgan fingerprint density at radius 2 is 1.79 bits per heavy atom. The summed E-state index contributed by atoms with van der Waals surface area (Å²) in [6.45, 7) is 2.86. The number of nitrogens with one attached hydrogen (secondary N) is 1. The zero-order valence-electron chi connectivity index (χ0n) is 19.6. The van der Waals surface area contributed by atoms with Crippen molar-refractivity contribution in [3.05, 3.63) is 53.6 Å². The Morgan fingerprint density at radius 3 is 2.41 bits per heavy atom. The van der Waals surface area contributed by atoms with Crippen LogP contribution in [0.15, 0.2) is 36.9 Å². The van der Waals surface area contributed by atoms with Crippen molar-refractivity contribution in [3.63, 3.8) is 0 Å². The lowest BCUT2D eigenvalue weighted by molar-refractivity contribution is -0.144. The summed E-state index contributed by atoms with van der Waals surface area (Å²) in [6.07, 6.45) is 2.05. The zero-order valence-corrected chi connectivity index (χ0v) is 19.6. The van der Waals surface area contributed by atoms with E-state index in [-0.39, 0.29) is 0 Å². The summed E-state index contributed by atoms with van der Waals surface area (Å²) >= 11 is 0. The number of benzene rings is 2. The van der Waals surface area contributed by atoms with E-state index in [1.54, 1.807) is 25.3 Å². The molecule has 2 aromatic carbocycles. The Labute approximate surface area is 197 Å². The van der Waals surface area contributed by atoms with E-state index >= 15 is 0 Å². The second-order valence-electron chi connectivity index (χ2n) is 7.44. The Hall–Kier alpha value is -4.01. The van der Waals surface area contributed by atoms with Crippen molar-refractivity contribution in [3.8, 4) is 28.4 Å². The van der Waals surface area contributed by atoms with Gasteiger partial charge >= 0.3 is 11.9 Å². The van der Waals surface area contributed by atoms with Gasteiger partial charge in [0.15, 0.2) is 18.1 Å². The molecule has 0 aliphatic heterocycles. The number of hydrogen-bond donors (Lipinski definition) is 1. The van der Waals surface area contributed by atoms with E-state index in [1.165, 1.54) is 21.3 Å². The van der Waals surface area contributed by atoms with Crippen LogP contribution in [-0.2, 0) is 25.5 Å². The van der Waals surface area contributed by atoms with E-state index in [2.05, 4.69) is 11.9 Å². The Balaban J connectivity index is 2.14. The molecule has 0 spiro atoms. The van der Waals surface area contributed by atoms with Crippen molar-refractivity contribution in [2.75, 3.05) is 35.0 Å². The van der Waals surface area contributed by atoms with Crippen LogP contribution >= 0.6 is 0 Å². The molecule has 9 heteroatoms. The number of aryl methyl sites for hydroxylation is 1. The highest BCUT2D eigenvalue weighted by Crippen LogP contribution is 2.50. The molecule has 2 aromatic rings. The summed E-state index contributed by atoms with van der Waals surface area (Å²) < 4.78 is 26.5. The first-order valence-electron chi connectivity index (χ1n) is 10.5. The lowest BCUT2D eigenvalue weighted by Gasteiger charge is -2.21. The van der Waals surface area contributed by atoms with Gasteiger partial charge in [-0.05, 0) is 47.7 Å². The van der Waals surface area contributed by atoms with E-state index in [9.17, 15) is 14.4 Å². The molecule has 180 valence electrons. The molecule has 0 saturated heterocycles. The van der Waals surface area contributed by atoms with Gasteiger partial charge in [-0.3, -0.25) is 4.79 Å². The molecule has 9 nitrogen and oxygen atoms in total. The van der Waals surface area contributed by atoms with Crippen LogP contribution in [-0.4, -0.2) is 52.9 Å². The predicted octanol–water partition coefficient (Wildman–Crippen LogP) is 3.00. The maximum Gasteiger partial charge on any atom is 0.337 e. The third-order valence-electron chi connectivity index (χ3n) is 5.58. The number of carbonyl (C=O) groups excluding carboxylic acids is 3. The van der Waals surface area contributed by atoms with Gasteiger partial charge in [0, 0.05) is 11.6 Å². The third-order valence-corrected chi connectivity index (χ3v) is 5.58. The van der Waals surface area contributed by atoms with Crippen molar-refractivity contribution < 1.29 is 38.1 Å². The molecular weight excluding hydrogens is 442 g/mol. The molecule has 0 bridgehead atoms. The maximum atomic E-state index is 12.5. The normalized spacial score (nSPS) is 13.9. The fraction of sp³-hybridized carbons (Fsp3) is 0.320. The molecular formula is C25H27NO8. The maximum absolute atomic E-state index is 12.5. The van der Waals surface area contributed by atoms with Gasteiger partial charge < -0.3 is 29.0 Å². The zero-order chi connectivity index (χ0) is 24.8. The fourth-order valence-corrected chi connectivity index (χ4v) is 4.06. The molecule has 0 unspecified atom stereocenters. The van der Waals surface area contributed by atoms with E-state index in [0.717, 1.165) is 22.8 Å². The summed E-state index contributed by atoms with van der Waals surface area (Å²) in [5.74, 6) is -0.244. The van der Waals surface area contributed by atoms with Crippen molar-refractivity contribution in [2.24, 2.45) is 0 Å². The van der Waals surface area contributed by atoms with Gasteiger partial charge in [0.25, 0.3) is 5.91 Å². The van der Waals surface area contributed by atoms with Crippen LogP contribution in [0.4, 0.5) is 0 Å². The quantitative estimate of drug-likeness (QED) is 0.464. The molecule has 1 N–H and O–H groups in total. The number of amides is 1. The summed E-state index contributed by atoms with van der Waals surface area (Å²) in [5.41, 5.74) is 3.49. The second kappa shape index (κ2) is 10.7. The SMILES string of the molecule is C=CC(=O)OCC(=O)N[C@H]1CCc2cc(OC)c(OC)c(OC)c2-c2ccc(C(=O)OC)cc21. The molecule has 0 aromatic heterocycles. The van der Waals surface area contributed by atoms with Crippen LogP contribution in [0, 0.1) is 0 Å². The van der Waals surface area contributed by atoms with Crippen molar-refractivity contribution in [1.29, 1.82) is 0 Å². The van der Waals surface area contributed by atoms with Crippen LogP contribution in [0.3, 0.4) is 0 Å². The number of rotatable bonds is 8. The first kappa shape index (κ1) is 24.6. The Kier molecular flexibility index (Phi) is 7.78. The van der Waals surface area contributed by atoms with E-state index in [0.29, 0.717) is 41.2 Å². The number of esters is 2. The molecule has 34 heavy (non-hydrogen) atoms. The van der Waals surface area contributed by atoms with Gasteiger partial charge in [0.05, 0.1) is 40.0 Å². The highest BCUT2D eigenvalue weighted by Gasteiger charge is 2.30. The number of ether oxygens (including phenoxy) is 5. The summed E-state index contributed by atoms with van der Waals surface area (Å²) in [5, 5.41) is 2.90. The van der Waals surface area contributed by atoms with E-state index in [1.807, 2.05) is 6.07 Å². The largest absolute Gasteiger partial charge is 0.493 e. The monoisotopic (exact) mass is 469 g/mol. The lowest BCUT2D eigenvalue weighted by Crippen LogP contribution is -2.32. The molecule has 1 amide bonds. The van der Waals surface area contributed by atoms with Crippen LogP contribution in [0.25, 0.3) is 11.1 Å². The van der Waals surface area contributed by atoms with E-state index < -0.39 is 30.5 Å². The molecule has 3 rings (SSSR count). The molecule has 0 saturated carbocycles. The fourth-order valence-electron chi connectivity index (χ4n) is 4.06. The molecule has 1 aliphatic rings. The topological polar surface area (TPSA) is 109 Å². The molecule has 1 atom stereocenters. The van der Waals surface area contributed by atoms with Crippen LogP contribution in [0.1, 0.15) is 33.9 Å². The minimum absolute atomic E-state index is 0.335. The van der Waals surface area contributed by atoms with Gasteiger partial charge in [-0.15, -0.1) is 0 Å². The van der Waals surface area contributed by atoms with Gasteiger partial charge in [-0.1, -0.05) is 12.6 Å². The van der Waals surface area contributed by atoms with Crippen LogP contribution < -0.4 is 19.5 Å². The van der Waals surface area contributed by atoms with Crippen LogP contribution in [0.2, 0.25) is 0 Å². The van der Waals surface area contributed by atoms with Gasteiger partial charge in [-0.25, -0.2) is 9.59 Å². The Morgan fingerprint density at radius 1 is 1.06 bits per heavy atom. The summed E-state index contributed by atoms with van der Waals surface area (Å²) in [4.78, 5) is 36.1. The number of fused-ring (bicyclic) bond motifs is 3. The Bertz CT molecular complexity index is 1120. The molecule has 0 fully saturated rings. The molecule has 1 aliphatic carbocycles. The van der Waals surface area contributed by atoms with Crippen molar-refractivity contribution in [2.45, 2.75) is 18.9 Å². The summed E-state index contributed by atoms with van der Waals surface area (Å²) in [7, 11) is 5.91. The van der Waals surface area contributed by atoms with Gasteiger partial charge in [0.2, 0.25) is 5.75 Å². The van der Waals surface area contributed by atoms with Gasteiger partial charge in [0.1, 0.15) is 0 Å². The second-order valence-corrected chi connectivity index (χ2v) is 7.44. The minimum atomic E-state index is -0.694. The number of methoxy groups -OCH3 is 4. The highest BCUT2D eigenvalue weighted by atomic mass is 16.5. The third kappa shape index (κ3) is 4.83. The highest BCUT2D eigenvalue weighted by molar-refractivity contribution is 5.92. The van der Waals surface area contributed by atoms with Crippen molar-refractivity contribution >= 4 is 17.8 Å². The summed E-state index contributed by atoms with van der Waals surface area (Å²) in [6, 6.07) is 6.53. The minimum Gasteiger partial charge on any atom is -0.493 e. The smallest absolute Gasteiger partial charge is 0.337 e. The first-order chi connectivity index (χ1) is 16.4.